The van der Waals surface area contributed by atoms with Crippen molar-refractivity contribution >= 4 is 33.3 Å². The zero-order chi connectivity index (χ0) is 14.0. The molecule has 2 rings (SSSR count). The number of rotatable bonds is 3. The molecule has 1 aromatic carbocycles. The number of nitrogens with zero attached hydrogens (tertiary/aromatic N) is 3. The second-order valence-corrected chi connectivity index (χ2v) is 4.87. The summed E-state index contributed by atoms with van der Waals surface area (Å²) in [5.41, 5.74) is 2.22. The van der Waals surface area contributed by atoms with Gasteiger partial charge in [-0.25, -0.2) is 9.97 Å². The third-order valence-corrected chi connectivity index (χ3v) is 3.08. The number of benzene rings is 1. The fourth-order valence-corrected chi connectivity index (χ4v) is 1.97. The number of non-ortho nitro benzene ring substituents is 1. The molecule has 19 heavy (non-hydrogen) atoms. The van der Waals surface area contributed by atoms with Crippen LogP contribution in [0.1, 0.15) is 11.4 Å². The van der Waals surface area contributed by atoms with Crippen LogP contribution in [0.25, 0.3) is 0 Å². The second-order valence-electron chi connectivity index (χ2n) is 4.02. The highest BCUT2D eigenvalue weighted by Gasteiger charge is 2.10. The fraction of sp³-hybridized carbons (Fsp3) is 0.167. The fourth-order valence-electron chi connectivity index (χ4n) is 1.62. The van der Waals surface area contributed by atoms with E-state index in [0.717, 1.165) is 11.4 Å². The number of nitrogens with one attached hydrogen (secondary N) is 1. The monoisotopic (exact) mass is 322 g/mol. The van der Waals surface area contributed by atoms with Crippen molar-refractivity contribution in [3.63, 3.8) is 0 Å². The standard InChI is InChI=1S/C12H11BrN4O2/c1-7-5-8(2)15-12(14-7)16-11-6-9(17(18)19)3-4-10(11)13/h3-6H,1-2H3,(H,14,15,16). The Kier molecular flexibility index (Phi) is 3.75. The van der Waals surface area contributed by atoms with E-state index < -0.39 is 4.92 Å². The van der Waals surface area contributed by atoms with E-state index in [0.29, 0.717) is 16.1 Å². The van der Waals surface area contributed by atoms with E-state index in [-0.39, 0.29) is 5.69 Å². The molecule has 0 bridgehead atoms. The number of nitro groups is 1. The van der Waals surface area contributed by atoms with Crippen molar-refractivity contribution in [3.05, 3.63) is 50.2 Å². The molecule has 0 radical (unpaired) electrons. The van der Waals surface area contributed by atoms with Crippen LogP contribution in [0.15, 0.2) is 28.7 Å². The summed E-state index contributed by atoms with van der Waals surface area (Å²) in [6.45, 7) is 3.73. The van der Waals surface area contributed by atoms with Gasteiger partial charge in [0.05, 0.1) is 10.6 Å². The molecule has 1 N–H and O–H groups in total. The first-order chi connectivity index (χ1) is 8.95. The highest BCUT2D eigenvalue weighted by Crippen LogP contribution is 2.28. The van der Waals surface area contributed by atoms with Crippen LogP contribution in [0.2, 0.25) is 0 Å². The van der Waals surface area contributed by atoms with Crippen molar-refractivity contribution in [3.8, 4) is 0 Å². The predicted molar refractivity (Wildman–Crippen MR) is 75.6 cm³/mol. The Labute approximate surface area is 118 Å². The molecule has 0 aliphatic rings. The lowest BCUT2D eigenvalue weighted by Crippen LogP contribution is -2.01. The molecule has 98 valence electrons. The summed E-state index contributed by atoms with van der Waals surface area (Å²) in [4.78, 5) is 18.8. The molecule has 0 spiro atoms. The van der Waals surface area contributed by atoms with Crippen molar-refractivity contribution in [2.24, 2.45) is 0 Å². The largest absolute Gasteiger partial charge is 0.323 e. The molecule has 1 heterocycles. The van der Waals surface area contributed by atoms with Gasteiger partial charge < -0.3 is 5.32 Å². The Bertz CT molecular complexity index is 625. The highest BCUT2D eigenvalue weighted by atomic mass is 79.9. The van der Waals surface area contributed by atoms with Crippen LogP contribution < -0.4 is 5.32 Å². The topological polar surface area (TPSA) is 81.0 Å². The lowest BCUT2D eigenvalue weighted by Gasteiger charge is -2.08. The molecule has 0 saturated carbocycles. The van der Waals surface area contributed by atoms with Crippen LogP contribution in [0.3, 0.4) is 0 Å². The summed E-state index contributed by atoms with van der Waals surface area (Å²) in [7, 11) is 0. The van der Waals surface area contributed by atoms with Gasteiger partial charge in [-0.15, -0.1) is 0 Å². The third-order valence-electron chi connectivity index (χ3n) is 2.39. The normalized spacial score (nSPS) is 10.3. The molecule has 2 aromatic rings. The van der Waals surface area contributed by atoms with Crippen LogP contribution in [0.5, 0.6) is 0 Å². The number of aromatic nitrogens is 2. The predicted octanol–water partition coefficient (Wildman–Crippen LogP) is 3.51. The highest BCUT2D eigenvalue weighted by molar-refractivity contribution is 9.10. The quantitative estimate of drug-likeness (QED) is 0.690. The number of aryl methyl sites for hydroxylation is 2. The van der Waals surface area contributed by atoms with Crippen LogP contribution >= 0.6 is 15.9 Å². The summed E-state index contributed by atoms with van der Waals surface area (Å²) in [5, 5.41) is 13.7. The van der Waals surface area contributed by atoms with Crippen molar-refractivity contribution in [2.75, 3.05) is 5.32 Å². The van der Waals surface area contributed by atoms with Gasteiger partial charge in [0.1, 0.15) is 0 Å². The molecular weight excluding hydrogens is 312 g/mol. The maximum absolute atomic E-state index is 10.8. The van der Waals surface area contributed by atoms with Crippen molar-refractivity contribution in [2.45, 2.75) is 13.8 Å². The molecule has 0 amide bonds. The van der Waals surface area contributed by atoms with Gasteiger partial charge >= 0.3 is 0 Å². The van der Waals surface area contributed by atoms with Crippen molar-refractivity contribution in [1.29, 1.82) is 0 Å². The summed E-state index contributed by atoms with van der Waals surface area (Å²) >= 11 is 3.33. The Morgan fingerprint density at radius 1 is 1.21 bits per heavy atom. The number of anilines is 2. The summed E-state index contributed by atoms with van der Waals surface area (Å²) < 4.78 is 0.709. The average molecular weight is 323 g/mol. The molecule has 0 fully saturated rings. The molecule has 1 aromatic heterocycles. The smallest absolute Gasteiger partial charge is 0.271 e. The molecular formula is C12H11BrN4O2. The van der Waals surface area contributed by atoms with E-state index in [1.807, 2.05) is 19.9 Å². The van der Waals surface area contributed by atoms with Crippen LogP contribution in [-0.2, 0) is 0 Å². The molecule has 0 atom stereocenters. The number of hydrogen-bond acceptors (Lipinski definition) is 5. The van der Waals surface area contributed by atoms with E-state index in [1.165, 1.54) is 12.1 Å². The first-order valence-corrected chi connectivity index (χ1v) is 6.28. The minimum atomic E-state index is -0.444. The Morgan fingerprint density at radius 3 is 2.42 bits per heavy atom. The molecule has 0 aliphatic carbocycles. The molecule has 0 aliphatic heterocycles. The second kappa shape index (κ2) is 5.31. The lowest BCUT2D eigenvalue weighted by molar-refractivity contribution is -0.384. The number of halogens is 1. The van der Waals surface area contributed by atoms with Gasteiger partial charge in [-0.1, -0.05) is 0 Å². The lowest BCUT2D eigenvalue weighted by atomic mass is 10.3. The third kappa shape index (κ3) is 3.25. The summed E-state index contributed by atoms with van der Waals surface area (Å²) in [6, 6.07) is 6.33. The Balaban J connectivity index is 2.37. The SMILES string of the molecule is Cc1cc(C)nc(Nc2cc([N+](=O)[O-])ccc2Br)n1. The van der Waals surface area contributed by atoms with E-state index in [2.05, 4.69) is 31.2 Å². The molecule has 6 nitrogen and oxygen atoms in total. The summed E-state index contributed by atoms with van der Waals surface area (Å²) in [6.07, 6.45) is 0. The maximum Gasteiger partial charge on any atom is 0.271 e. The van der Waals surface area contributed by atoms with E-state index in [1.54, 1.807) is 6.07 Å². The minimum absolute atomic E-state index is 0.00933. The van der Waals surface area contributed by atoms with Gasteiger partial charge in [-0.05, 0) is 41.9 Å². The average Bonchev–Trinajstić information content (AvgIpc) is 2.30. The van der Waals surface area contributed by atoms with Gasteiger partial charge in [0.2, 0.25) is 5.95 Å². The van der Waals surface area contributed by atoms with Crippen molar-refractivity contribution < 1.29 is 4.92 Å². The van der Waals surface area contributed by atoms with Gasteiger partial charge in [0.25, 0.3) is 5.69 Å². The minimum Gasteiger partial charge on any atom is -0.323 e. The van der Waals surface area contributed by atoms with E-state index >= 15 is 0 Å². The van der Waals surface area contributed by atoms with Crippen LogP contribution in [0, 0.1) is 24.0 Å². The van der Waals surface area contributed by atoms with Gasteiger partial charge in [0, 0.05) is 28.0 Å². The van der Waals surface area contributed by atoms with Gasteiger partial charge in [-0.3, -0.25) is 10.1 Å². The van der Waals surface area contributed by atoms with Crippen molar-refractivity contribution in [1.82, 2.24) is 9.97 Å². The first kappa shape index (κ1) is 13.4. The molecule has 0 unspecified atom stereocenters. The molecule has 0 saturated heterocycles. The van der Waals surface area contributed by atoms with E-state index in [4.69, 9.17) is 0 Å². The Hall–Kier alpha value is -2.02. The summed E-state index contributed by atoms with van der Waals surface area (Å²) in [5.74, 6) is 0.415. The van der Waals surface area contributed by atoms with E-state index in [9.17, 15) is 10.1 Å². The zero-order valence-electron chi connectivity index (χ0n) is 10.3. The number of hydrogen-bond donors (Lipinski definition) is 1. The van der Waals surface area contributed by atoms with Gasteiger partial charge in [-0.2, -0.15) is 0 Å². The van der Waals surface area contributed by atoms with Gasteiger partial charge in [0.15, 0.2) is 0 Å². The van der Waals surface area contributed by atoms with Crippen LogP contribution in [-0.4, -0.2) is 14.9 Å². The van der Waals surface area contributed by atoms with Crippen LogP contribution in [0.4, 0.5) is 17.3 Å². The molecule has 7 heteroatoms. The Morgan fingerprint density at radius 2 is 1.84 bits per heavy atom. The zero-order valence-corrected chi connectivity index (χ0v) is 11.9. The maximum atomic E-state index is 10.8. The number of nitro benzene ring substituents is 1. The first-order valence-electron chi connectivity index (χ1n) is 5.49.